The maximum Gasteiger partial charge on any atom is 0.119 e. The van der Waals surface area contributed by atoms with Crippen molar-refractivity contribution in [3.63, 3.8) is 0 Å². The lowest BCUT2D eigenvalue weighted by Crippen LogP contribution is -2.21. The lowest BCUT2D eigenvalue weighted by molar-refractivity contribution is 0.414. The molecule has 0 aliphatic carbocycles. The fraction of sp³-hybridized carbons (Fsp3) is 0.353. The molecule has 2 aromatic rings. The van der Waals surface area contributed by atoms with E-state index in [4.69, 9.17) is 4.74 Å². The summed E-state index contributed by atoms with van der Waals surface area (Å²) in [7, 11) is 3.66. The van der Waals surface area contributed by atoms with Crippen molar-refractivity contribution in [2.75, 3.05) is 14.2 Å². The molecular formula is C17H22N2O. The first-order valence-electron chi connectivity index (χ1n) is 6.81. The third-order valence-electron chi connectivity index (χ3n) is 3.61. The van der Waals surface area contributed by atoms with Gasteiger partial charge in [0.25, 0.3) is 0 Å². The number of ether oxygens (including phenoxy) is 1. The fourth-order valence-electron chi connectivity index (χ4n) is 2.57. The Morgan fingerprint density at radius 2 is 1.85 bits per heavy atom. The zero-order valence-electron chi connectivity index (χ0n) is 12.8. The lowest BCUT2D eigenvalue weighted by atomic mass is 9.95. The van der Waals surface area contributed by atoms with E-state index < -0.39 is 0 Å². The summed E-state index contributed by atoms with van der Waals surface area (Å²) < 4.78 is 5.27. The smallest absolute Gasteiger partial charge is 0.119 e. The van der Waals surface area contributed by atoms with Gasteiger partial charge in [-0.05, 0) is 62.2 Å². The lowest BCUT2D eigenvalue weighted by Gasteiger charge is -2.21. The molecular weight excluding hydrogens is 248 g/mol. The third kappa shape index (κ3) is 2.83. The number of rotatable bonds is 4. The largest absolute Gasteiger partial charge is 0.497 e. The van der Waals surface area contributed by atoms with Crippen LogP contribution in [0, 0.1) is 20.8 Å². The second-order valence-corrected chi connectivity index (χ2v) is 5.16. The molecule has 3 nitrogen and oxygen atoms in total. The molecule has 106 valence electrons. The Balaban J connectivity index is 2.47. The van der Waals surface area contributed by atoms with E-state index in [0.717, 1.165) is 11.4 Å². The minimum absolute atomic E-state index is 0.0986. The summed E-state index contributed by atoms with van der Waals surface area (Å²) in [4.78, 5) is 4.62. The van der Waals surface area contributed by atoms with E-state index in [1.54, 1.807) is 7.11 Å². The minimum Gasteiger partial charge on any atom is -0.497 e. The number of pyridine rings is 1. The van der Waals surface area contributed by atoms with E-state index in [2.05, 4.69) is 49.3 Å². The van der Waals surface area contributed by atoms with E-state index in [0.29, 0.717) is 0 Å². The van der Waals surface area contributed by atoms with Crippen LogP contribution in [0.5, 0.6) is 5.75 Å². The average molecular weight is 270 g/mol. The van der Waals surface area contributed by atoms with E-state index in [1.165, 1.54) is 22.3 Å². The van der Waals surface area contributed by atoms with Crippen LogP contribution in [0.25, 0.3) is 0 Å². The van der Waals surface area contributed by atoms with Crippen molar-refractivity contribution in [3.8, 4) is 5.75 Å². The molecule has 3 heteroatoms. The molecule has 0 radical (unpaired) electrons. The van der Waals surface area contributed by atoms with Crippen LogP contribution in [0.2, 0.25) is 0 Å². The summed E-state index contributed by atoms with van der Waals surface area (Å²) in [5.41, 5.74) is 5.90. The Kier molecular flexibility index (Phi) is 4.40. The van der Waals surface area contributed by atoms with Crippen LogP contribution < -0.4 is 10.1 Å². The second-order valence-electron chi connectivity index (χ2n) is 5.16. The van der Waals surface area contributed by atoms with E-state index in [9.17, 15) is 0 Å². The maximum absolute atomic E-state index is 5.27. The Labute approximate surface area is 121 Å². The van der Waals surface area contributed by atoms with Gasteiger partial charge in [0.1, 0.15) is 5.75 Å². The number of aryl methyl sites for hydroxylation is 3. The van der Waals surface area contributed by atoms with Crippen molar-refractivity contribution >= 4 is 0 Å². The summed E-state index contributed by atoms with van der Waals surface area (Å²) in [6, 6.07) is 8.43. The number of nitrogens with one attached hydrogen (secondary N) is 1. The number of methoxy groups -OCH3 is 1. The van der Waals surface area contributed by atoms with Crippen LogP contribution >= 0.6 is 0 Å². The number of hydrogen-bond donors (Lipinski definition) is 1. The van der Waals surface area contributed by atoms with Gasteiger partial charge in [-0.25, -0.2) is 0 Å². The minimum atomic E-state index is 0.0986. The van der Waals surface area contributed by atoms with E-state index >= 15 is 0 Å². The van der Waals surface area contributed by atoms with Crippen LogP contribution in [-0.2, 0) is 0 Å². The molecule has 0 amide bonds. The van der Waals surface area contributed by atoms with Crippen LogP contribution in [0.1, 0.15) is 34.0 Å². The van der Waals surface area contributed by atoms with Crippen molar-refractivity contribution in [1.82, 2.24) is 10.3 Å². The summed E-state index contributed by atoms with van der Waals surface area (Å²) in [5, 5.41) is 3.37. The predicted octanol–water partition coefficient (Wildman–Crippen LogP) is 3.32. The Bertz CT molecular complexity index is 608. The van der Waals surface area contributed by atoms with Gasteiger partial charge < -0.3 is 10.1 Å². The van der Waals surface area contributed by atoms with Crippen molar-refractivity contribution in [2.24, 2.45) is 0 Å². The highest BCUT2D eigenvalue weighted by Crippen LogP contribution is 2.28. The molecule has 0 spiro atoms. The molecule has 0 saturated carbocycles. The molecule has 0 bridgehead atoms. The molecule has 0 aliphatic rings. The van der Waals surface area contributed by atoms with E-state index in [-0.39, 0.29) is 6.04 Å². The zero-order valence-corrected chi connectivity index (χ0v) is 12.8. The van der Waals surface area contributed by atoms with Crippen LogP contribution in [0.15, 0.2) is 30.5 Å². The molecule has 1 atom stereocenters. The van der Waals surface area contributed by atoms with Crippen LogP contribution in [0.3, 0.4) is 0 Å². The summed E-state index contributed by atoms with van der Waals surface area (Å²) in [6.45, 7) is 6.28. The number of nitrogens with zero attached hydrogens (tertiary/aromatic N) is 1. The molecule has 1 unspecified atom stereocenters. The van der Waals surface area contributed by atoms with Gasteiger partial charge in [0.15, 0.2) is 0 Å². The summed E-state index contributed by atoms with van der Waals surface area (Å²) >= 11 is 0. The Morgan fingerprint density at radius 1 is 1.10 bits per heavy atom. The van der Waals surface area contributed by atoms with Crippen molar-refractivity contribution in [2.45, 2.75) is 26.8 Å². The molecule has 0 aliphatic heterocycles. The predicted molar refractivity (Wildman–Crippen MR) is 82.3 cm³/mol. The average Bonchev–Trinajstić information content (AvgIpc) is 2.43. The topological polar surface area (TPSA) is 34.1 Å². The van der Waals surface area contributed by atoms with Crippen molar-refractivity contribution in [1.29, 1.82) is 0 Å². The van der Waals surface area contributed by atoms with Gasteiger partial charge in [-0.3, -0.25) is 4.98 Å². The molecule has 1 aromatic heterocycles. The Hall–Kier alpha value is -1.87. The first-order chi connectivity index (χ1) is 9.56. The normalized spacial score (nSPS) is 12.2. The number of aromatic nitrogens is 1. The number of hydrogen-bond acceptors (Lipinski definition) is 3. The van der Waals surface area contributed by atoms with Crippen LogP contribution in [0.4, 0.5) is 0 Å². The van der Waals surface area contributed by atoms with Gasteiger partial charge in [0, 0.05) is 6.20 Å². The van der Waals surface area contributed by atoms with Crippen molar-refractivity contribution in [3.05, 3.63) is 58.4 Å². The number of benzene rings is 1. The van der Waals surface area contributed by atoms with E-state index in [1.807, 2.05) is 19.3 Å². The molecule has 1 heterocycles. The summed E-state index contributed by atoms with van der Waals surface area (Å²) in [5.74, 6) is 0.884. The molecule has 0 fully saturated rings. The molecule has 1 N–H and O–H groups in total. The SMILES string of the molecule is CNC(c1ccc(OC)cc1C)c1ncc(C)cc1C. The highest BCUT2D eigenvalue weighted by Gasteiger charge is 2.18. The molecule has 1 aromatic carbocycles. The van der Waals surface area contributed by atoms with Gasteiger partial charge in [0.2, 0.25) is 0 Å². The third-order valence-corrected chi connectivity index (χ3v) is 3.61. The zero-order chi connectivity index (χ0) is 14.7. The highest BCUT2D eigenvalue weighted by atomic mass is 16.5. The van der Waals surface area contributed by atoms with Gasteiger partial charge in [-0.1, -0.05) is 12.1 Å². The fourth-order valence-corrected chi connectivity index (χ4v) is 2.57. The molecule has 2 rings (SSSR count). The maximum atomic E-state index is 5.27. The highest BCUT2D eigenvalue weighted by molar-refractivity contribution is 5.41. The standard InChI is InChI=1S/C17H22N2O/c1-11-8-13(3)16(19-10-11)17(18-4)15-7-6-14(20-5)9-12(15)2/h6-10,17-18H,1-5H3. The van der Waals surface area contributed by atoms with Gasteiger partial charge in [0.05, 0.1) is 18.8 Å². The Morgan fingerprint density at radius 3 is 2.40 bits per heavy atom. The first kappa shape index (κ1) is 14.5. The van der Waals surface area contributed by atoms with Gasteiger partial charge in [-0.15, -0.1) is 0 Å². The summed E-state index contributed by atoms with van der Waals surface area (Å²) in [6.07, 6.45) is 1.92. The quantitative estimate of drug-likeness (QED) is 0.925. The molecule has 20 heavy (non-hydrogen) atoms. The second kappa shape index (κ2) is 6.06. The monoisotopic (exact) mass is 270 g/mol. The molecule has 0 saturated heterocycles. The van der Waals surface area contributed by atoms with Crippen molar-refractivity contribution < 1.29 is 4.74 Å². The van der Waals surface area contributed by atoms with Gasteiger partial charge >= 0.3 is 0 Å². The first-order valence-corrected chi connectivity index (χ1v) is 6.81. The van der Waals surface area contributed by atoms with Gasteiger partial charge in [-0.2, -0.15) is 0 Å². The van der Waals surface area contributed by atoms with Crippen LogP contribution in [-0.4, -0.2) is 19.1 Å².